The molecule has 2 rings (SSSR count). The van der Waals surface area contributed by atoms with Crippen molar-refractivity contribution in [1.82, 2.24) is 0 Å². The summed E-state index contributed by atoms with van der Waals surface area (Å²) in [7, 11) is 1.44. The lowest BCUT2D eigenvalue weighted by Crippen LogP contribution is -2.18. The molecule has 0 saturated carbocycles. The van der Waals surface area contributed by atoms with E-state index in [4.69, 9.17) is 15.2 Å². The molecule has 0 saturated heterocycles. The van der Waals surface area contributed by atoms with E-state index in [0.717, 1.165) is 12.8 Å². The first kappa shape index (κ1) is 17.1. The molecular weight excluding hydrogens is 304 g/mol. The fourth-order valence-corrected chi connectivity index (χ4v) is 2.39. The van der Waals surface area contributed by atoms with Crippen molar-refractivity contribution in [3.05, 3.63) is 35.4 Å². The van der Waals surface area contributed by atoms with Crippen molar-refractivity contribution < 1.29 is 14.5 Å². The third-order valence-electron chi connectivity index (χ3n) is 3.58. The number of nitriles is 2. The van der Waals surface area contributed by atoms with Crippen LogP contribution in [0.5, 0.6) is 11.6 Å². The van der Waals surface area contributed by atoms with E-state index >= 15 is 0 Å². The Morgan fingerprint density at radius 3 is 2.50 bits per heavy atom. The number of hydrogen-bond donors (Lipinski definition) is 1. The molecule has 1 heterocycles. The second-order valence-electron chi connectivity index (χ2n) is 5.12. The fourth-order valence-electron chi connectivity index (χ4n) is 2.39. The summed E-state index contributed by atoms with van der Waals surface area (Å²) in [4.78, 5) is 2.75. The number of nitrogen functional groups attached to an aromatic ring is 1. The summed E-state index contributed by atoms with van der Waals surface area (Å²) < 4.78 is 11.0. The molecule has 0 aliphatic heterocycles. The van der Waals surface area contributed by atoms with Gasteiger partial charge >= 0.3 is 5.88 Å². The summed E-state index contributed by atoms with van der Waals surface area (Å²) in [5.41, 5.74) is 7.40. The lowest BCUT2D eigenvalue weighted by molar-refractivity contribution is -0.376. The van der Waals surface area contributed by atoms with Crippen LogP contribution in [0.25, 0.3) is 11.1 Å². The van der Waals surface area contributed by atoms with Crippen molar-refractivity contribution in [1.29, 1.82) is 10.5 Å². The number of rotatable bonds is 6. The van der Waals surface area contributed by atoms with Crippen molar-refractivity contribution >= 4 is 5.82 Å². The minimum atomic E-state index is 0.145. The van der Waals surface area contributed by atoms with Gasteiger partial charge in [0.05, 0.1) is 13.7 Å². The maximum Gasteiger partial charge on any atom is 0.300 e. The molecule has 6 nitrogen and oxygen atoms in total. The Hall–Kier alpha value is -3.25. The molecule has 1 aromatic carbocycles. The Morgan fingerprint density at radius 2 is 1.88 bits per heavy atom. The van der Waals surface area contributed by atoms with E-state index in [0.29, 0.717) is 23.5 Å². The second-order valence-corrected chi connectivity index (χ2v) is 5.12. The molecule has 0 aliphatic rings. The quantitative estimate of drug-likeness (QED) is 0.823. The Kier molecular flexibility index (Phi) is 5.59. The summed E-state index contributed by atoms with van der Waals surface area (Å²) in [5.74, 6) is 0.964. The maximum absolute atomic E-state index is 9.57. The second kappa shape index (κ2) is 7.85. The number of aromatic amines is 1. The predicted octanol–water partition coefficient (Wildman–Crippen LogP) is 2.68. The van der Waals surface area contributed by atoms with E-state index < -0.39 is 0 Å². The molecule has 24 heavy (non-hydrogen) atoms. The van der Waals surface area contributed by atoms with Gasteiger partial charge in [0.25, 0.3) is 5.82 Å². The largest absolute Gasteiger partial charge is 0.493 e. The smallest absolute Gasteiger partial charge is 0.300 e. The van der Waals surface area contributed by atoms with Crippen LogP contribution in [0.1, 0.15) is 30.9 Å². The number of unbranched alkanes of at least 4 members (excludes halogenated alkanes) is 1. The molecule has 6 heteroatoms. The molecule has 0 atom stereocenters. The number of pyridine rings is 1. The monoisotopic (exact) mass is 323 g/mol. The minimum absolute atomic E-state index is 0.145. The summed E-state index contributed by atoms with van der Waals surface area (Å²) in [6, 6.07) is 11.4. The highest BCUT2D eigenvalue weighted by atomic mass is 16.5. The van der Waals surface area contributed by atoms with Gasteiger partial charge in [-0.2, -0.15) is 10.5 Å². The van der Waals surface area contributed by atoms with Crippen molar-refractivity contribution in [3.63, 3.8) is 0 Å². The normalized spacial score (nSPS) is 9.83. The summed E-state index contributed by atoms with van der Waals surface area (Å²) in [5, 5.41) is 19.1. The maximum atomic E-state index is 9.57. The van der Waals surface area contributed by atoms with Gasteiger partial charge in [-0.1, -0.05) is 31.5 Å². The van der Waals surface area contributed by atoms with Gasteiger partial charge in [0, 0.05) is 11.1 Å². The Labute approximate surface area is 141 Å². The van der Waals surface area contributed by atoms with E-state index in [1.54, 1.807) is 6.07 Å². The molecule has 0 bridgehead atoms. The summed E-state index contributed by atoms with van der Waals surface area (Å²) in [6.07, 6.45) is 1.93. The first-order valence-electron chi connectivity index (χ1n) is 7.63. The van der Waals surface area contributed by atoms with E-state index in [1.165, 1.54) is 7.11 Å². The van der Waals surface area contributed by atoms with Gasteiger partial charge in [0.1, 0.15) is 23.5 Å². The van der Waals surface area contributed by atoms with Crippen LogP contribution in [0.3, 0.4) is 0 Å². The molecule has 1 aromatic heterocycles. The van der Waals surface area contributed by atoms with Crippen molar-refractivity contribution in [2.75, 3.05) is 19.5 Å². The average Bonchev–Trinajstić information content (AvgIpc) is 2.61. The molecule has 0 aliphatic carbocycles. The lowest BCUT2D eigenvalue weighted by Gasteiger charge is -2.14. The lowest BCUT2D eigenvalue weighted by atomic mass is 9.95. The van der Waals surface area contributed by atoms with E-state index in [9.17, 15) is 10.5 Å². The number of H-pyrrole nitrogens is 1. The van der Waals surface area contributed by atoms with E-state index in [1.807, 2.05) is 18.2 Å². The third kappa shape index (κ3) is 3.23. The Balaban J connectivity index is 2.71. The van der Waals surface area contributed by atoms with Crippen LogP contribution in [-0.4, -0.2) is 13.7 Å². The number of nitrogens with one attached hydrogen (secondary N) is 1. The van der Waals surface area contributed by atoms with Crippen molar-refractivity contribution in [2.24, 2.45) is 0 Å². The number of aromatic nitrogens is 1. The first-order valence-corrected chi connectivity index (χ1v) is 7.63. The van der Waals surface area contributed by atoms with E-state index in [2.05, 4.69) is 24.0 Å². The van der Waals surface area contributed by atoms with Gasteiger partial charge < -0.3 is 9.47 Å². The molecule has 0 amide bonds. The number of benzene rings is 1. The van der Waals surface area contributed by atoms with E-state index in [-0.39, 0.29) is 22.8 Å². The van der Waals surface area contributed by atoms with Crippen molar-refractivity contribution in [2.45, 2.75) is 19.8 Å². The van der Waals surface area contributed by atoms with Gasteiger partial charge in [-0.15, -0.1) is 0 Å². The highest BCUT2D eigenvalue weighted by Crippen LogP contribution is 2.38. The molecule has 0 spiro atoms. The number of nitrogens with zero attached hydrogens (tertiary/aromatic N) is 2. The number of para-hydroxylation sites is 1. The Morgan fingerprint density at radius 1 is 1.17 bits per heavy atom. The number of nitrogens with two attached hydrogens (primary N) is 1. The first-order chi connectivity index (χ1) is 11.7. The molecule has 122 valence electrons. The number of hydrogen-bond acceptors (Lipinski definition) is 5. The zero-order valence-corrected chi connectivity index (χ0v) is 13.7. The zero-order chi connectivity index (χ0) is 17.5. The van der Waals surface area contributed by atoms with Gasteiger partial charge in [0.2, 0.25) is 0 Å². The van der Waals surface area contributed by atoms with Crippen LogP contribution >= 0.6 is 0 Å². The third-order valence-corrected chi connectivity index (χ3v) is 3.58. The minimum Gasteiger partial charge on any atom is -0.493 e. The molecular formula is C18H19N4O2+. The van der Waals surface area contributed by atoms with Gasteiger partial charge in [-0.3, -0.25) is 5.73 Å². The van der Waals surface area contributed by atoms with Crippen LogP contribution in [0.4, 0.5) is 5.82 Å². The number of methoxy groups -OCH3 is 1. The average molecular weight is 323 g/mol. The molecule has 0 unspecified atom stereocenters. The standard InChI is InChI=1S/C18H18N4O2/c1-3-4-9-24-15-8-6-5-7-12(15)16-13(10-19)17(21)22-18(23-2)14(16)11-20/h5-8H,3-4,9H2,1-2H3,(H2,21,22)/p+1. The van der Waals surface area contributed by atoms with Crippen LogP contribution in [0.2, 0.25) is 0 Å². The molecule has 0 fully saturated rings. The van der Waals surface area contributed by atoms with Crippen LogP contribution < -0.4 is 20.2 Å². The topological polar surface area (TPSA) is 106 Å². The van der Waals surface area contributed by atoms with Crippen LogP contribution in [0.15, 0.2) is 24.3 Å². The summed E-state index contributed by atoms with van der Waals surface area (Å²) >= 11 is 0. The van der Waals surface area contributed by atoms with Crippen molar-refractivity contribution in [3.8, 4) is 34.9 Å². The van der Waals surface area contributed by atoms with Gasteiger partial charge in [0.15, 0.2) is 5.56 Å². The highest BCUT2D eigenvalue weighted by Gasteiger charge is 2.26. The molecule has 3 N–H and O–H groups in total. The molecule has 2 aromatic rings. The number of ether oxygens (including phenoxy) is 2. The van der Waals surface area contributed by atoms with Gasteiger partial charge in [-0.05, 0) is 12.5 Å². The van der Waals surface area contributed by atoms with Gasteiger partial charge in [-0.25, -0.2) is 4.98 Å². The van der Waals surface area contributed by atoms with Crippen LogP contribution in [-0.2, 0) is 0 Å². The zero-order valence-electron chi connectivity index (χ0n) is 13.7. The summed E-state index contributed by atoms with van der Waals surface area (Å²) in [6.45, 7) is 2.64. The highest BCUT2D eigenvalue weighted by molar-refractivity contribution is 5.84. The molecule has 0 radical (unpaired) electrons. The SMILES string of the molecule is CCCCOc1ccccc1-c1c(C#N)c(N)[nH+]c(OC)c1C#N. The fraction of sp³-hybridized carbons (Fsp3) is 0.278. The van der Waals surface area contributed by atoms with Crippen LogP contribution in [0, 0.1) is 22.7 Å². The Bertz CT molecular complexity index is 819. The number of anilines is 1. The predicted molar refractivity (Wildman–Crippen MR) is 89.2 cm³/mol.